The lowest BCUT2D eigenvalue weighted by Gasteiger charge is -1.91. The second-order valence-electron chi connectivity index (χ2n) is 2.37. The monoisotopic (exact) mass is 191 g/mol. The van der Waals surface area contributed by atoms with Crippen LogP contribution in [0.4, 0.5) is 0 Å². The Labute approximate surface area is 81.5 Å². The molecule has 1 rings (SSSR count). The Morgan fingerprint density at radius 1 is 1.64 bits per heavy atom. The fraction of sp³-hybridized carbons (Fsp3) is 0.200. The molecular weight excluding hydrogens is 182 g/mol. The van der Waals surface area contributed by atoms with Crippen molar-refractivity contribution in [2.75, 3.05) is 6.61 Å². The van der Waals surface area contributed by atoms with E-state index in [1.807, 2.05) is 0 Å². The van der Waals surface area contributed by atoms with Crippen LogP contribution in [0.25, 0.3) is 0 Å². The lowest BCUT2D eigenvalue weighted by molar-refractivity contribution is -0.136. The van der Waals surface area contributed by atoms with Gasteiger partial charge in [-0.15, -0.1) is 0 Å². The van der Waals surface area contributed by atoms with Gasteiger partial charge in [0.25, 0.3) is 0 Å². The van der Waals surface area contributed by atoms with Crippen LogP contribution < -0.4 is 0 Å². The molecule has 72 valence electrons. The van der Waals surface area contributed by atoms with E-state index in [9.17, 15) is 4.79 Å². The van der Waals surface area contributed by atoms with Gasteiger partial charge < -0.3 is 9.84 Å². The van der Waals surface area contributed by atoms with Crippen molar-refractivity contribution in [1.82, 2.24) is 4.98 Å². The molecule has 0 saturated carbocycles. The van der Waals surface area contributed by atoms with E-state index in [1.165, 1.54) is 18.3 Å². The molecule has 0 spiro atoms. The van der Waals surface area contributed by atoms with E-state index >= 15 is 0 Å². The van der Waals surface area contributed by atoms with Crippen molar-refractivity contribution in [2.45, 2.75) is 6.92 Å². The molecule has 0 aliphatic rings. The van der Waals surface area contributed by atoms with Crippen LogP contribution in [0.2, 0.25) is 0 Å². The maximum Gasteiger partial charge on any atom is 0.384 e. The zero-order valence-electron chi connectivity index (χ0n) is 7.65. The topological polar surface area (TPSA) is 59.4 Å². The highest BCUT2D eigenvalue weighted by Crippen LogP contribution is 2.04. The molecule has 4 nitrogen and oxygen atoms in total. The second-order valence-corrected chi connectivity index (χ2v) is 2.37. The van der Waals surface area contributed by atoms with Gasteiger partial charge in [-0.2, -0.15) is 0 Å². The Kier molecular flexibility index (Phi) is 3.50. The molecule has 0 atom stereocenters. The van der Waals surface area contributed by atoms with Crippen LogP contribution in [0.3, 0.4) is 0 Å². The van der Waals surface area contributed by atoms with E-state index in [1.54, 1.807) is 6.92 Å². The molecule has 4 heteroatoms. The number of aromatic nitrogens is 1. The van der Waals surface area contributed by atoms with Crippen molar-refractivity contribution >= 4 is 5.97 Å². The fourth-order valence-corrected chi connectivity index (χ4v) is 0.742. The van der Waals surface area contributed by atoms with Crippen molar-refractivity contribution < 1.29 is 14.6 Å². The third-order valence-electron chi connectivity index (χ3n) is 1.32. The molecule has 0 bridgehead atoms. The van der Waals surface area contributed by atoms with E-state index in [0.717, 1.165) is 0 Å². The number of rotatable bonds is 1. The zero-order chi connectivity index (χ0) is 10.4. The molecule has 14 heavy (non-hydrogen) atoms. The van der Waals surface area contributed by atoms with E-state index in [0.29, 0.717) is 12.3 Å². The molecule has 1 aromatic rings. The summed E-state index contributed by atoms with van der Waals surface area (Å²) >= 11 is 0. The maximum absolute atomic E-state index is 10.8. The number of carbonyl (C=O) groups is 1. The van der Waals surface area contributed by atoms with E-state index in [2.05, 4.69) is 21.6 Å². The first-order valence-corrected chi connectivity index (χ1v) is 4.06. The van der Waals surface area contributed by atoms with Gasteiger partial charge in [-0.3, -0.25) is 0 Å². The van der Waals surface area contributed by atoms with E-state index < -0.39 is 5.97 Å². The number of aromatic hydroxyl groups is 1. The molecular formula is C10H9NO3. The van der Waals surface area contributed by atoms with Crippen LogP contribution in [-0.2, 0) is 9.53 Å². The molecule has 0 saturated heterocycles. The summed E-state index contributed by atoms with van der Waals surface area (Å²) in [5, 5.41) is 8.92. The van der Waals surface area contributed by atoms with E-state index in [4.69, 9.17) is 5.11 Å². The van der Waals surface area contributed by atoms with Crippen molar-refractivity contribution in [1.29, 1.82) is 0 Å². The lowest BCUT2D eigenvalue weighted by Crippen LogP contribution is -1.99. The fourth-order valence-electron chi connectivity index (χ4n) is 0.742. The van der Waals surface area contributed by atoms with Crippen LogP contribution in [0.15, 0.2) is 18.3 Å². The number of nitrogens with zero attached hydrogens (tertiary/aromatic N) is 1. The Hall–Kier alpha value is -2.02. The summed E-state index contributed by atoms with van der Waals surface area (Å²) < 4.78 is 4.60. The van der Waals surface area contributed by atoms with Gasteiger partial charge in [0.15, 0.2) is 0 Å². The highest BCUT2D eigenvalue weighted by molar-refractivity contribution is 5.88. The summed E-state index contributed by atoms with van der Waals surface area (Å²) in [6.07, 6.45) is 1.26. The predicted octanol–water partition coefficient (Wildman–Crippen LogP) is 0.702. The third-order valence-corrected chi connectivity index (χ3v) is 1.32. The molecule has 0 fully saturated rings. The first-order chi connectivity index (χ1) is 6.72. The first kappa shape index (κ1) is 10.1. The summed E-state index contributed by atoms with van der Waals surface area (Å²) in [7, 11) is 0. The summed E-state index contributed by atoms with van der Waals surface area (Å²) in [6.45, 7) is 2.01. The highest BCUT2D eigenvalue weighted by Gasteiger charge is 1.93. The van der Waals surface area contributed by atoms with Crippen LogP contribution >= 0.6 is 0 Å². The van der Waals surface area contributed by atoms with Gasteiger partial charge in [-0.25, -0.2) is 9.78 Å². The van der Waals surface area contributed by atoms with Crippen molar-refractivity contribution in [3.05, 3.63) is 24.0 Å². The number of ether oxygens (including phenoxy) is 1. The molecule has 1 heterocycles. The Morgan fingerprint density at radius 3 is 3.00 bits per heavy atom. The summed E-state index contributed by atoms with van der Waals surface area (Å²) in [6, 6.07) is 2.96. The number of carbonyl (C=O) groups excluding carboxylic acids is 1. The van der Waals surface area contributed by atoms with Crippen LogP contribution in [-0.4, -0.2) is 22.7 Å². The first-order valence-electron chi connectivity index (χ1n) is 4.06. The van der Waals surface area contributed by atoms with Gasteiger partial charge in [0.05, 0.1) is 12.8 Å². The second kappa shape index (κ2) is 4.87. The molecule has 0 amide bonds. The van der Waals surface area contributed by atoms with Crippen molar-refractivity contribution in [2.24, 2.45) is 0 Å². The summed E-state index contributed by atoms with van der Waals surface area (Å²) in [5.74, 6) is 4.25. The Morgan fingerprint density at radius 2 is 2.43 bits per heavy atom. The maximum atomic E-state index is 10.8. The minimum atomic E-state index is -0.581. The number of pyridine rings is 1. The highest BCUT2D eigenvalue weighted by atomic mass is 16.5. The standard InChI is InChI=1S/C10H9NO3/c1-2-14-10(13)6-4-8-3-5-9(12)7-11-8/h3,5,7,12H,2H2,1H3. The Bertz CT molecular complexity index is 373. The normalized spacial score (nSPS) is 8.64. The molecule has 0 unspecified atom stereocenters. The largest absolute Gasteiger partial charge is 0.506 e. The molecule has 1 aromatic heterocycles. The molecule has 0 aliphatic heterocycles. The van der Waals surface area contributed by atoms with Gasteiger partial charge in [0.2, 0.25) is 0 Å². The molecule has 0 aromatic carbocycles. The van der Waals surface area contributed by atoms with E-state index in [-0.39, 0.29) is 5.75 Å². The van der Waals surface area contributed by atoms with Gasteiger partial charge in [-0.1, -0.05) is 0 Å². The molecule has 0 radical (unpaired) electrons. The van der Waals surface area contributed by atoms with Crippen LogP contribution in [0.1, 0.15) is 12.6 Å². The van der Waals surface area contributed by atoms with Gasteiger partial charge in [0.1, 0.15) is 11.4 Å². The molecule has 1 N–H and O–H groups in total. The predicted molar refractivity (Wildman–Crippen MR) is 49.4 cm³/mol. The minimum absolute atomic E-state index is 0.0617. The summed E-state index contributed by atoms with van der Waals surface area (Å²) in [5.41, 5.74) is 0.413. The Balaban J connectivity index is 2.68. The average Bonchev–Trinajstić information content (AvgIpc) is 2.17. The van der Waals surface area contributed by atoms with Crippen LogP contribution in [0, 0.1) is 11.8 Å². The van der Waals surface area contributed by atoms with Gasteiger partial charge >= 0.3 is 5.97 Å². The quantitative estimate of drug-likeness (QED) is 0.524. The average molecular weight is 191 g/mol. The SMILES string of the molecule is CCOC(=O)C#Cc1ccc(O)cn1. The number of hydrogen-bond acceptors (Lipinski definition) is 4. The minimum Gasteiger partial charge on any atom is -0.506 e. The zero-order valence-corrected chi connectivity index (χ0v) is 7.65. The van der Waals surface area contributed by atoms with Crippen LogP contribution in [0.5, 0.6) is 5.75 Å². The summed E-state index contributed by atoms with van der Waals surface area (Å²) in [4.78, 5) is 14.6. The van der Waals surface area contributed by atoms with Crippen molar-refractivity contribution in [3.63, 3.8) is 0 Å². The number of hydrogen-bond donors (Lipinski definition) is 1. The molecule has 0 aliphatic carbocycles. The number of esters is 1. The smallest absolute Gasteiger partial charge is 0.384 e. The third kappa shape index (κ3) is 3.15. The lowest BCUT2D eigenvalue weighted by atomic mass is 10.3. The van der Waals surface area contributed by atoms with Gasteiger partial charge in [0, 0.05) is 5.92 Å². The van der Waals surface area contributed by atoms with Gasteiger partial charge in [-0.05, 0) is 25.0 Å². The van der Waals surface area contributed by atoms with Crippen molar-refractivity contribution in [3.8, 4) is 17.6 Å².